The standard InChI is InChI=1S/C16H26FNO/c1-12(10-18(5)11-16(2,3)4)15(19)13-8-6-7-9-14(13)17/h6-9,12,15,19H,10-11H2,1-5H3. The number of halogens is 1. The van der Waals surface area contributed by atoms with Crippen LogP contribution in [0.2, 0.25) is 0 Å². The number of nitrogens with zero attached hydrogens (tertiary/aromatic N) is 1. The molecule has 1 aromatic rings. The molecule has 1 N–H and O–H groups in total. The summed E-state index contributed by atoms with van der Waals surface area (Å²) in [7, 11) is 2.04. The first kappa shape index (κ1) is 16.1. The molecule has 0 aliphatic carbocycles. The average molecular weight is 267 g/mol. The van der Waals surface area contributed by atoms with Crippen molar-refractivity contribution >= 4 is 0 Å². The van der Waals surface area contributed by atoms with Crippen LogP contribution in [0, 0.1) is 17.2 Å². The summed E-state index contributed by atoms with van der Waals surface area (Å²) < 4.78 is 13.6. The zero-order chi connectivity index (χ0) is 14.6. The summed E-state index contributed by atoms with van der Waals surface area (Å²) in [5, 5.41) is 10.3. The van der Waals surface area contributed by atoms with Gasteiger partial charge in [0, 0.05) is 18.7 Å². The highest BCUT2D eigenvalue weighted by Crippen LogP contribution is 2.25. The van der Waals surface area contributed by atoms with E-state index >= 15 is 0 Å². The Labute approximate surface area is 116 Å². The third-order valence-electron chi connectivity index (χ3n) is 3.11. The second-order valence-electron chi connectivity index (χ2n) is 6.70. The summed E-state index contributed by atoms with van der Waals surface area (Å²) in [6.07, 6.45) is -0.761. The van der Waals surface area contributed by atoms with Gasteiger partial charge in [0.25, 0.3) is 0 Å². The fourth-order valence-electron chi connectivity index (χ4n) is 2.49. The molecular weight excluding hydrogens is 241 g/mol. The lowest BCUT2D eigenvalue weighted by Crippen LogP contribution is -2.34. The zero-order valence-corrected chi connectivity index (χ0v) is 12.7. The highest BCUT2D eigenvalue weighted by atomic mass is 19.1. The highest BCUT2D eigenvalue weighted by Gasteiger charge is 2.22. The van der Waals surface area contributed by atoms with Crippen molar-refractivity contribution in [3.05, 3.63) is 35.6 Å². The van der Waals surface area contributed by atoms with E-state index in [2.05, 4.69) is 25.7 Å². The third kappa shape index (κ3) is 5.29. The largest absolute Gasteiger partial charge is 0.388 e. The van der Waals surface area contributed by atoms with Gasteiger partial charge >= 0.3 is 0 Å². The Morgan fingerprint density at radius 1 is 1.26 bits per heavy atom. The minimum atomic E-state index is -0.761. The van der Waals surface area contributed by atoms with Crippen LogP contribution in [0.1, 0.15) is 39.4 Å². The minimum Gasteiger partial charge on any atom is -0.388 e. The quantitative estimate of drug-likeness (QED) is 0.883. The van der Waals surface area contributed by atoms with Crippen LogP contribution >= 0.6 is 0 Å². The second-order valence-corrected chi connectivity index (χ2v) is 6.70. The SMILES string of the molecule is CC(CN(C)CC(C)(C)C)C(O)c1ccccc1F. The molecule has 2 unspecified atom stereocenters. The van der Waals surface area contributed by atoms with Crippen molar-refractivity contribution < 1.29 is 9.50 Å². The number of hydrogen-bond acceptors (Lipinski definition) is 2. The van der Waals surface area contributed by atoms with Gasteiger partial charge < -0.3 is 10.0 Å². The minimum absolute atomic E-state index is 0.00995. The van der Waals surface area contributed by atoms with E-state index in [0.29, 0.717) is 5.56 Å². The van der Waals surface area contributed by atoms with Gasteiger partial charge in [-0.1, -0.05) is 45.9 Å². The number of hydrogen-bond donors (Lipinski definition) is 1. The van der Waals surface area contributed by atoms with Crippen molar-refractivity contribution in [2.24, 2.45) is 11.3 Å². The molecule has 108 valence electrons. The van der Waals surface area contributed by atoms with Gasteiger partial charge in [-0.25, -0.2) is 4.39 Å². The molecule has 0 fully saturated rings. The van der Waals surface area contributed by atoms with Crippen molar-refractivity contribution in [2.45, 2.75) is 33.8 Å². The second kappa shape index (κ2) is 6.49. The molecule has 0 saturated carbocycles. The lowest BCUT2D eigenvalue weighted by molar-refractivity contribution is 0.0832. The van der Waals surface area contributed by atoms with Gasteiger partial charge in [0.05, 0.1) is 6.10 Å². The molecule has 3 heteroatoms. The van der Waals surface area contributed by atoms with Crippen molar-refractivity contribution in [2.75, 3.05) is 20.1 Å². The van der Waals surface area contributed by atoms with Gasteiger partial charge in [-0.05, 0) is 24.4 Å². The first-order chi connectivity index (χ1) is 8.70. The van der Waals surface area contributed by atoms with Crippen LogP contribution in [0.5, 0.6) is 0 Å². The molecule has 0 aliphatic rings. The van der Waals surface area contributed by atoms with Crippen molar-refractivity contribution in [1.82, 2.24) is 4.90 Å². The molecule has 0 heterocycles. The van der Waals surface area contributed by atoms with Crippen LogP contribution in [0.15, 0.2) is 24.3 Å². The van der Waals surface area contributed by atoms with E-state index in [1.807, 2.05) is 14.0 Å². The van der Waals surface area contributed by atoms with Crippen LogP contribution in [-0.2, 0) is 0 Å². The topological polar surface area (TPSA) is 23.5 Å². The molecule has 0 aromatic heterocycles. The van der Waals surface area contributed by atoms with Crippen molar-refractivity contribution in [1.29, 1.82) is 0 Å². The Hall–Kier alpha value is -0.930. The van der Waals surface area contributed by atoms with E-state index in [1.165, 1.54) is 6.07 Å². The molecule has 1 rings (SSSR count). The Balaban J connectivity index is 2.63. The zero-order valence-electron chi connectivity index (χ0n) is 12.7. The van der Waals surface area contributed by atoms with Gasteiger partial charge in [-0.15, -0.1) is 0 Å². The van der Waals surface area contributed by atoms with E-state index in [9.17, 15) is 9.50 Å². The fourth-order valence-corrected chi connectivity index (χ4v) is 2.49. The number of benzene rings is 1. The molecule has 0 amide bonds. The van der Waals surface area contributed by atoms with Crippen LogP contribution in [-0.4, -0.2) is 30.1 Å². The van der Waals surface area contributed by atoms with Gasteiger partial charge in [0.2, 0.25) is 0 Å². The van der Waals surface area contributed by atoms with E-state index in [0.717, 1.165) is 13.1 Å². The molecule has 0 bridgehead atoms. The maximum Gasteiger partial charge on any atom is 0.129 e. The first-order valence-electron chi connectivity index (χ1n) is 6.82. The molecule has 0 saturated heterocycles. The third-order valence-corrected chi connectivity index (χ3v) is 3.11. The van der Waals surface area contributed by atoms with E-state index in [4.69, 9.17) is 0 Å². The number of aliphatic hydroxyl groups excluding tert-OH is 1. The first-order valence-corrected chi connectivity index (χ1v) is 6.82. The van der Waals surface area contributed by atoms with Gasteiger partial charge in [0.15, 0.2) is 0 Å². The summed E-state index contributed by atoms with van der Waals surface area (Å²) in [6, 6.07) is 6.44. The Bertz CT molecular complexity index is 400. The van der Waals surface area contributed by atoms with Crippen LogP contribution in [0.4, 0.5) is 4.39 Å². The predicted molar refractivity (Wildman–Crippen MR) is 77.5 cm³/mol. The smallest absolute Gasteiger partial charge is 0.129 e. The highest BCUT2D eigenvalue weighted by molar-refractivity contribution is 5.20. The van der Waals surface area contributed by atoms with Crippen molar-refractivity contribution in [3.8, 4) is 0 Å². The number of rotatable bonds is 5. The maximum absolute atomic E-state index is 13.6. The van der Waals surface area contributed by atoms with Crippen LogP contribution in [0.25, 0.3) is 0 Å². The predicted octanol–water partition coefficient (Wildman–Crippen LogP) is 3.47. The van der Waals surface area contributed by atoms with Gasteiger partial charge in [0.1, 0.15) is 5.82 Å². The van der Waals surface area contributed by atoms with E-state index in [-0.39, 0.29) is 17.2 Å². The lowest BCUT2D eigenvalue weighted by Gasteiger charge is -2.30. The van der Waals surface area contributed by atoms with Crippen LogP contribution in [0.3, 0.4) is 0 Å². The molecular formula is C16H26FNO. The summed E-state index contributed by atoms with van der Waals surface area (Å²) in [5.41, 5.74) is 0.608. The monoisotopic (exact) mass is 267 g/mol. The Morgan fingerprint density at radius 3 is 2.37 bits per heavy atom. The number of aliphatic hydroxyl groups is 1. The van der Waals surface area contributed by atoms with Gasteiger partial charge in [-0.3, -0.25) is 0 Å². The van der Waals surface area contributed by atoms with Gasteiger partial charge in [-0.2, -0.15) is 0 Å². The molecule has 2 nitrogen and oxygen atoms in total. The Kier molecular flexibility index (Phi) is 5.50. The maximum atomic E-state index is 13.6. The van der Waals surface area contributed by atoms with E-state index < -0.39 is 6.10 Å². The summed E-state index contributed by atoms with van der Waals surface area (Å²) in [5.74, 6) is -0.343. The molecule has 0 aliphatic heterocycles. The van der Waals surface area contributed by atoms with E-state index in [1.54, 1.807) is 18.2 Å². The molecule has 0 spiro atoms. The Morgan fingerprint density at radius 2 is 1.84 bits per heavy atom. The van der Waals surface area contributed by atoms with Crippen LogP contribution < -0.4 is 0 Å². The summed E-state index contributed by atoms with van der Waals surface area (Å²) in [6.45, 7) is 10.2. The molecule has 19 heavy (non-hydrogen) atoms. The lowest BCUT2D eigenvalue weighted by atomic mass is 9.93. The molecule has 1 aromatic carbocycles. The summed E-state index contributed by atoms with van der Waals surface area (Å²) >= 11 is 0. The van der Waals surface area contributed by atoms with Crippen molar-refractivity contribution in [3.63, 3.8) is 0 Å². The summed E-state index contributed by atoms with van der Waals surface area (Å²) in [4.78, 5) is 2.19. The average Bonchev–Trinajstić information content (AvgIpc) is 2.26. The molecule has 0 radical (unpaired) electrons. The fraction of sp³-hybridized carbons (Fsp3) is 0.625. The normalized spacial score (nSPS) is 15.6. The molecule has 2 atom stereocenters.